The molecular weight excluding hydrogens is 290 g/mol. The highest BCUT2D eigenvalue weighted by Crippen LogP contribution is 2.34. The van der Waals surface area contributed by atoms with Crippen LogP contribution in [0.1, 0.15) is 18.6 Å². The maximum absolute atomic E-state index is 13.8. The van der Waals surface area contributed by atoms with Crippen molar-refractivity contribution < 1.29 is 14.2 Å². The van der Waals surface area contributed by atoms with Crippen LogP contribution in [0.3, 0.4) is 0 Å². The molecular formula is C14H11Cl2FO2. The molecule has 0 radical (unpaired) electrons. The molecule has 0 unspecified atom stereocenters. The zero-order valence-electron chi connectivity index (χ0n) is 10.0. The summed E-state index contributed by atoms with van der Waals surface area (Å²) in [5.41, 5.74) is 0.357. The number of ether oxygens (including phenoxy) is 1. The highest BCUT2D eigenvalue weighted by atomic mass is 35.5. The minimum atomic E-state index is -0.847. The largest absolute Gasteiger partial charge is 0.454 e. The van der Waals surface area contributed by atoms with Crippen LogP contribution in [0.25, 0.3) is 0 Å². The molecule has 0 saturated carbocycles. The van der Waals surface area contributed by atoms with Gasteiger partial charge in [0.2, 0.25) is 0 Å². The van der Waals surface area contributed by atoms with E-state index >= 15 is 0 Å². The summed E-state index contributed by atoms with van der Waals surface area (Å²) in [4.78, 5) is 0. The summed E-state index contributed by atoms with van der Waals surface area (Å²) in [6.07, 6.45) is -0.847. The van der Waals surface area contributed by atoms with Gasteiger partial charge in [0.25, 0.3) is 0 Å². The van der Waals surface area contributed by atoms with Crippen LogP contribution in [0.15, 0.2) is 36.4 Å². The molecule has 2 aromatic rings. The van der Waals surface area contributed by atoms with Crippen molar-refractivity contribution in [3.63, 3.8) is 0 Å². The van der Waals surface area contributed by atoms with Crippen LogP contribution in [-0.4, -0.2) is 5.11 Å². The number of rotatable bonds is 3. The van der Waals surface area contributed by atoms with Gasteiger partial charge in [-0.3, -0.25) is 0 Å². The SMILES string of the molecule is C[C@H](O)c1cccc(F)c1Oc1cc(Cl)cc(Cl)c1. The van der Waals surface area contributed by atoms with Gasteiger partial charge in [-0.1, -0.05) is 35.3 Å². The molecule has 1 atom stereocenters. The first kappa shape index (κ1) is 14.1. The van der Waals surface area contributed by atoms with E-state index in [9.17, 15) is 9.50 Å². The summed E-state index contributed by atoms with van der Waals surface area (Å²) in [5.74, 6) is -0.283. The Bertz CT molecular complexity index is 580. The third-order valence-electron chi connectivity index (χ3n) is 2.50. The fourth-order valence-electron chi connectivity index (χ4n) is 1.67. The Morgan fingerprint density at radius 3 is 2.37 bits per heavy atom. The lowest BCUT2D eigenvalue weighted by Gasteiger charge is -2.14. The van der Waals surface area contributed by atoms with Crippen molar-refractivity contribution in [2.75, 3.05) is 0 Å². The molecule has 0 spiro atoms. The van der Waals surface area contributed by atoms with E-state index in [1.807, 2.05) is 0 Å². The molecule has 0 amide bonds. The fourth-order valence-corrected chi connectivity index (χ4v) is 2.17. The van der Waals surface area contributed by atoms with Gasteiger partial charge >= 0.3 is 0 Å². The van der Waals surface area contributed by atoms with Crippen molar-refractivity contribution in [1.29, 1.82) is 0 Å². The average molecular weight is 301 g/mol. The molecule has 2 nitrogen and oxygen atoms in total. The minimum absolute atomic E-state index is 0.0316. The third kappa shape index (κ3) is 3.38. The maximum atomic E-state index is 13.8. The molecule has 0 aliphatic carbocycles. The van der Waals surface area contributed by atoms with E-state index in [1.54, 1.807) is 12.1 Å². The predicted octanol–water partition coefficient (Wildman–Crippen LogP) is 4.98. The normalized spacial score (nSPS) is 12.3. The molecule has 0 aliphatic heterocycles. The zero-order valence-corrected chi connectivity index (χ0v) is 11.5. The van der Waals surface area contributed by atoms with Gasteiger partial charge < -0.3 is 9.84 Å². The Morgan fingerprint density at radius 2 is 1.79 bits per heavy atom. The van der Waals surface area contributed by atoms with E-state index < -0.39 is 11.9 Å². The molecule has 0 heterocycles. The summed E-state index contributed by atoms with van der Waals surface area (Å²) in [6.45, 7) is 1.53. The van der Waals surface area contributed by atoms with Gasteiger partial charge in [0.15, 0.2) is 11.6 Å². The quantitative estimate of drug-likeness (QED) is 0.866. The molecule has 5 heteroatoms. The number of aliphatic hydroxyl groups is 1. The van der Waals surface area contributed by atoms with E-state index in [0.717, 1.165) is 0 Å². The standard InChI is InChI=1S/C14H11Cl2FO2/c1-8(18)12-3-2-4-13(17)14(12)19-11-6-9(15)5-10(16)7-11/h2-8,18H,1H3/t8-/m0/s1. The van der Waals surface area contributed by atoms with Crippen molar-refractivity contribution >= 4 is 23.2 Å². The summed E-state index contributed by atoms with van der Waals surface area (Å²) >= 11 is 11.7. The predicted molar refractivity (Wildman–Crippen MR) is 73.6 cm³/mol. The lowest BCUT2D eigenvalue weighted by Crippen LogP contribution is -1.98. The molecule has 0 fully saturated rings. The Kier molecular flexibility index (Phi) is 4.30. The van der Waals surface area contributed by atoms with Crippen LogP contribution in [0.5, 0.6) is 11.5 Å². The second kappa shape index (κ2) is 5.78. The highest BCUT2D eigenvalue weighted by Gasteiger charge is 2.15. The molecule has 2 aromatic carbocycles. The fraction of sp³-hybridized carbons (Fsp3) is 0.143. The van der Waals surface area contributed by atoms with E-state index in [-0.39, 0.29) is 5.75 Å². The molecule has 0 bridgehead atoms. The second-order valence-electron chi connectivity index (χ2n) is 4.04. The van der Waals surface area contributed by atoms with Crippen molar-refractivity contribution in [2.45, 2.75) is 13.0 Å². The number of hydrogen-bond acceptors (Lipinski definition) is 2. The van der Waals surface area contributed by atoms with Gasteiger partial charge in [-0.05, 0) is 31.2 Å². The summed E-state index contributed by atoms with van der Waals surface area (Å²) in [7, 11) is 0. The zero-order chi connectivity index (χ0) is 14.0. The van der Waals surface area contributed by atoms with E-state index in [4.69, 9.17) is 27.9 Å². The molecule has 19 heavy (non-hydrogen) atoms. The van der Waals surface area contributed by atoms with Gasteiger partial charge in [0.05, 0.1) is 6.10 Å². The number of hydrogen-bond donors (Lipinski definition) is 1. The number of benzene rings is 2. The number of para-hydroxylation sites is 1. The lowest BCUT2D eigenvalue weighted by molar-refractivity contribution is 0.194. The van der Waals surface area contributed by atoms with Crippen LogP contribution < -0.4 is 4.74 Å². The summed E-state index contributed by atoms with van der Waals surface area (Å²) in [5, 5.41) is 10.4. The average Bonchev–Trinajstić information content (AvgIpc) is 2.30. The van der Waals surface area contributed by atoms with Gasteiger partial charge in [0.1, 0.15) is 5.75 Å². The first-order valence-corrected chi connectivity index (χ1v) is 6.33. The molecule has 100 valence electrons. The summed E-state index contributed by atoms with van der Waals surface area (Å²) < 4.78 is 19.3. The lowest BCUT2D eigenvalue weighted by atomic mass is 10.1. The van der Waals surface area contributed by atoms with E-state index in [0.29, 0.717) is 21.4 Å². The topological polar surface area (TPSA) is 29.5 Å². The Labute approximate surface area is 120 Å². The monoisotopic (exact) mass is 300 g/mol. The van der Waals surface area contributed by atoms with E-state index in [1.165, 1.54) is 31.2 Å². The van der Waals surface area contributed by atoms with Gasteiger partial charge in [-0.15, -0.1) is 0 Å². The van der Waals surface area contributed by atoms with Crippen molar-refractivity contribution in [3.05, 3.63) is 57.8 Å². The Balaban J connectivity index is 2.42. The van der Waals surface area contributed by atoms with Crippen LogP contribution in [0.4, 0.5) is 4.39 Å². The second-order valence-corrected chi connectivity index (χ2v) is 4.91. The van der Waals surface area contributed by atoms with Crippen molar-refractivity contribution in [1.82, 2.24) is 0 Å². The van der Waals surface area contributed by atoms with Crippen molar-refractivity contribution in [2.24, 2.45) is 0 Å². The minimum Gasteiger partial charge on any atom is -0.454 e. The van der Waals surface area contributed by atoms with Gasteiger partial charge in [-0.2, -0.15) is 0 Å². The first-order chi connectivity index (χ1) is 8.97. The first-order valence-electron chi connectivity index (χ1n) is 5.58. The number of aliphatic hydroxyl groups excluding tert-OH is 1. The van der Waals surface area contributed by atoms with Crippen LogP contribution >= 0.6 is 23.2 Å². The summed E-state index contributed by atoms with van der Waals surface area (Å²) in [6, 6.07) is 8.95. The van der Waals surface area contributed by atoms with Crippen LogP contribution in [0, 0.1) is 5.82 Å². The molecule has 1 N–H and O–H groups in total. The molecule has 0 aliphatic rings. The smallest absolute Gasteiger partial charge is 0.168 e. The highest BCUT2D eigenvalue weighted by molar-refractivity contribution is 6.34. The molecule has 0 saturated heterocycles. The van der Waals surface area contributed by atoms with Crippen molar-refractivity contribution in [3.8, 4) is 11.5 Å². The van der Waals surface area contributed by atoms with Gasteiger partial charge in [0, 0.05) is 15.6 Å². The number of halogens is 3. The maximum Gasteiger partial charge on any atom is 0.168 e. The third-order valence-corrected chi connectivity index (χ3v) is 2.94. The van der Waals surface area contributed by atoms with Gasteiger partial charge in [-0.25, -0.2) is 4.39 Å². The Morgan fingerprint density at radius 1 is 1.16 bits per heavy atom. The van der Waals surface area contributed by atoms with E-state index in [2.05, 4.69) is 0 Å². The molecule has 2 rings (SSSR count). The Hall–Kier alpha value is -1.29. The van der Waals surface area contributed by atoms with Crippen LogP contribution in [-0.2, 0) is 0 Å². The molecule has 0 aromatic heterocycles. The van der Waals surface area contributed by atoms with Crippen LogP contribution in [0.2, 0.25) is 10.0 Å².